The lowest BCUT2D eigenvalue weighted by molar-refractivity contribution is -0.384. The fraction of sp³-hybridized carbons (Fsp3) is 0.100. The van der Waals surface area contributed by atoms with Crippen molar-refractivity contribution in [3.63, 3.8) is 0 Å². The zero-order valence-electron chi connectivity index (χ0n) is 8.29. The maximum atomic E-state index is 10.7. The molecule has 6 heteroatoms. The minimum absolute atomic E-state index is 0.0435. The molecular formula is C10H9N3O3. The molecule has 0 saturated carbocycles. The van der Waals surface area contributed by atoms with E-state index in [0.29, 0.717) is 18.0 Å². The van der Waals surface area contributed by atoms with Crippen LogP contribution in [-0.2, 0) is 6.54 Å². The van der Waals surface area contributed by atoms with Crippen molar-refractivity contribution in [2.75, 3.05) is 5.32 Å². The summed E-state index contributed by atoms with van der Waals surface area (Å²) in [5.74, 6) is 0.623. The van der Waals surface area contributed by atoms with Crippen LogP contribution in [0.25, 0.3) is 0 Å². The van der Waals surface area contributed by atoms with Crippen LogP contribution in [0, 0.1) is 10.1 Å². The number of nitrogens with one attached hydrogen (secondary N) is 1. The number of hydrogen-bond acceptors (Lipinski definition) is 5. The number of nitro groups is 1. The number of anilines is 1. The molecule has 0 aliphatic carbocycles. The molecule has 0 aliphatic heterocycles. The van der Waals surface area contributed by atoms with Crippen LogP contribution < -0.4 is 5.32 Å². The molecule has 0 fully saturated rings. The Morgan fingerprint density at radius 2 is 2.25 bits per heavy atom. The minimum Gasteiger partial charge on any atom is -0.447 e. The molecule has 6 nitrogen and oxygen atoms in total. The number of aromatic nitrogens is 1. The number of hydrogen-bond donors (Lipinski definition) is 1. The van der Waals surface area contributed by atoms with E-state index >= 15 is 0 Å². The van der Waals surface area contributed by atoms with Crippen LogP contribution in [0.4, 0.5) is 11.4 Å². The highest BCUT2D eigenvalue weighted by atomic mass is 16.6. The van der Waals surface area contributed by atoms with Crippen molar-refractivity contribution in [1.82, 2.24) is 4.98 Å². The Balaban J connectivity index is 2.12. The van der Waals surface area contributed by atoms with E-state index in [4.69, 9.17) is 4.42 Å². The molecule has 0 saturated heterocycles. The normalized spacial score (nSPS) is 10.0. The number of oxazole rings is 1. The summed E-state index contributed by atoms with van der Waals surface area (Å²) in [6.07, 6.45) is 2.87. The van der Waals surface area contributed by atoms with E-state index in [1.54, 1.807) is 24.4 Å². The van der Waals surface area contributed by atoms with Crippen molar-refractivity contribution in [3.8, 4) is 0 Å². The molecule has 1 aromatic carbocycles. The fourth-order valence-electron chi connectivity index (χ4n) is 1.29. The highest BCUT2D eigenvalue weighted by Gasteiger charge is 2.11. The molecule has 0 radical (unpaired) electrons. The number of rotatable bonds is 4. The van der Waals surface area contributed by atoms with Crippen molar-refractivity contribution in [2.45, 2.75) is 6.54 Å². The summed E-state index contributed by atoms with van der Waals surface area (Å²) in [4.78, 5) is 14.0. The van der Waals surface area contributed by atoms with Gasteiger partial charge in [-0.25, -0.2) is 4.98 Å². The molecule has 0 unspecified atom stereocenters. The van der Waals surface area contributed by atoms with Gasteiger partial charge in [-0.05, 0) is 6.07 Å². The lowest BCUT2D eigenvalue weighted by Crippen LogP contribution is -2.01. The number of benzene rings is 1. The van der Waals surface area contributed by atoms with Gasteiger partial charge in [-0.15, -0.1) is 0 Å². The first-order valence-corrected chi connectivity index (χ1v) is 4.62. The first-order valence-electron chi connectivity index (χ1n) is 4.62. The Morgan fingerprint density at radius 3 is 2.94 bits per heavy atom. The van der Waals surface area contributed by atoms with Crippen molar-refractivity contribution >= 4 is 11.4 Å². The zero-order valence-corrected chi connectivity index (χ0v) is 8.29. The van der Waals surface area contributed by atoms with E-state index in [2.05, 4.69) is 10.3 Å². The predicted octanol–water partition coefficient (Wildman–Crippen LogP) is 2.19. The molecule has 0 aliphatic rings. The van der Waals surface area contributed by atoms with E-state index in [-0.39, 0.29) is 5.69 Å². The van der Waals surface area contributed by atoms with E-state index in [1.165, 1.54) is 12.5 Å². The molecule has 2 aromatic rings. The average Bonchev–Trinajstić information content (AvgIpc) is 2.79. The molecule has 2 rings (SSSR count). The highest BCUT2D eigenvalue weighted by molar-refractivity contribution is 5.60. The predicted molar refractivity (Wildman–Crippen MR) is 56.9 cm³/mol. The Hall–Kier alpha value is -2.37. The molecule has 16 heavy (non-hydrogen) atoms. The number of nitrogens with zero attached hydrogens (tertiary/aromatic N) is 2. The summed E-state index contributed by atoms with van der Waals surface area (Å²) in [5.41, 5.74) is 0.505. The zero-order chi connectivity index (χ0) is 11.4. The second-order valence-corrected chi connectivity index (χ2v) is 3.10. The molecule has 1 aromatic heterocycles. The number of para-hydroxylation sites is 2. The lowest BCUT2D eigenvalue weighted by atomic mass is 10.2. The Morgan fingerprint density at radius 1 is 1.44 bits per heavy atom. The lowest BCUT2D eigenvalue weighted by Gasteiger charge is -2.04. The quantitative estimate of drug-likeness (QED) is 0.629. The standard InChI is InChI=1S/C10H9N3O3/c14-13(15)10-4-2-1-3-9(10)12-6-8-5-11-7-16-8/h1-5,7,12H,6H2. The van der Waals surface area contributed by atoms with Gasteiger partial charge in [-0.1, -0.05) is 12.1 Å². The van der Waals surface area contributed by atoms with Gasteiger partial charge < -0.3 is 9.73 Å². The van der Waals surface area contributed by atoms with E-state index < -0.39 is 4.92 Å². The van der Waals surface area contributed by atoms with E-state index in [1.807, 2.05) is 0 Å². The summed E-state index contributed by atoms with van der Waals surface area (Å²) in [5, 5.41) is 13.6. The fourth-order valence-corrected chi connectivity index (χ4v) is 1.29. The van der Waals surface area contributed by atoms with Gasteiger partial charge in [0.1, 0.15) is 11.4 Å². The monoisotopic (exact) mass is 219 g/mol. The van der Waals surface area contributed by atoms with Crippen molar-refractivity contribution in [1.29, 1.82) is 0 Å². The summed E-state index contributed by atoms with van der Waals surface area (Å²) < 4.78 is 5.01. The largest absolute Gasteiger partial charge is 0.447 e. The van der Waals surface area contributed by atoms with Gasteiger partial charge in [0.2, 0.25) is 0 Å². The van der Waals surface area contributed by atoms with Crippen LogP contribution in [0.5, 0.6) is 0 Å². The third-order valence-electron chi connectivity index (χ3n) is 2.04. The second kappa shape index (κ2) is 4.43. The van der Waals surface area contributed by atoms with Gasteiger partial charge in [-0.2, -0.15) is 0 Å². The van der Waals surface area contributed by atoms with Gasteiger partial charge in [0.25, 0.3) is 5.69 Å². The average molecular weight is 219 g/mol. The molecule has 0 atom stereocenters. The Bertz CT molecular complexity index is 482. The Kier molecular flexibility index (Phi) is 2.81. The number of nitro benzene ring substituents is 1. The molecule has 0 spiro atoms. The summed E-state index contributed by atoms with van der Waals surface area (Å²) in [7, 11) is 0. The van der Waals surface area contributed by atoms with Gasteiger partial charge in [0.05, 0.1) is 17.7 Å². The van der Waals surface area contributed by atoms with Crippen LogP contribution in [0.15, 0.2) is 41.3 Å². The van der Waals surface area contributed by atoms with Gasteiger partial charge in [-0.3, -0.25) is 10.1 Å². The van der Waals surface area contributed by atoms with Crippen LogP contribution in [0.1, 0.15) is 5.76 Å². The van der Waals surface area contributed by atoms with Crippen molar-refractivity contribution < 1.29 is 9.34 Å². The third-order valence-corrected chi connectivity index (χ3v) is 2.04. The molecule has 1 heterocycles. The summed E-state index contributed by atoms with van der Waals surface area (Å²) in [6, 6.07) is 6.45. The first kappa shape index (κ1) is 10.2. The summed E-state index contributed by atoms with van der Waals surface area (Å²) in [6.45, 7) is 0.366. The van der Waals surface area contributed by atoms with Crippen molar-refractivity contribution in [3.05, 3.63) is 52.7 Å². The maximum Gasteiger partial charge on any atom is 0.292 e. The van der Waals surface area contributed by atoms with Gasteiger partial charge in [0.15, 0.2) is 6.39 Å². The van der Waals surface area contributed by atoms with E-state index in [9.17, 15) is 10.1 Å². The van der Waals surface area contributed by atoms with Crippen LogP contribution in [0.2, 0.25) is 0 Å². The van der Waals surface area contributed by atoms with E-state index in [0.717, 1.165) is 0 Å². The smallest absolute Gasteiger partial charge is 0.292 e. The minimum atomic E-state index is -0.428. The van der Waals surface area contributed by atoms with Crippen LogP contribution >= 0.6 is 0 Å². The maximum absolute atomic E-state index is 10.7. The molecule has 0 amide bonds. The first-order chi connectivity index (χ1) is 7.77. The molecule has 82 valence electrons. The molecule has 0 bridgehead atoms. The Labute approximate surface area is 91.1 Å². The highest BCUT2D eigenvalue weighted by Crippen LogP contribution is 2.23. The summed E-state index contributed by atoms with van der Waals surface area (Å²) >= 11 is 0. The van der Waals surface area contributed by atoms with Gasteiger partial charge in [0, 0.05) is 6.07 Å². The topological polar surface area (TPSA) is 81.2 Å². The van der Waals surface area contributed by atoms with Crippen molar-refractivity contribution in [2.24, 2.45) is 0 Å². The van der Waals surface area contributed by atoms with Crippen LogP contribution in [-0.4, -0.2) is 9.91 Å². The SMILES string of the molecule is O=[N+]([O-])c1ccccc1NCc1cnco1. The molecular weight excluding hydrogens is 210 g/mol. The van der Waals surface area contributed by atoms with Crippen LogP contribution in [0.3, 0.4) is 0 Å². The third kappa shape index (κ3) is 2.17. The van der Waals surface area contributed by atoms with Gasteiger partial charge >= 0.3 is 0 Å². The second-order valence-electron chi connectivity index (χ2n) is 3.10. The molecule has 1 N–H and O–H groups in total.